The van der Waals surface area contributed by atoms with Gasteiger partial charge in [0, 0.05) is 9.86 Å². The van der Waals surface area contributed by atoms with Gasteiger partial charge in [-0.05, 0) is 31.0 Å². The lowest BCUT2D eigenvalue weighted by molar-refractivity contribution is -0.386. The second kappa shape index (κ2) is 5.88. The maximum Gasteiger partial charge on any atom is 0.316 e. The smallest absolute Gasteiger partial charge is 0.316 e. The van der Waals surface area contributed by atoms with Gasteiger partial charge in [0.05, 0.1) is 23.1 Å². The summed E-state index contributed by atoms with van der Waals surface area (Å²) in [7, 11) is 1.33. The first-order valence-electron chi connectivity index (χ1n) is 7.31. The Kier molecular flexibility index (Phi) is 4.06. The number of carbonyl (C=O) groups excluding carboxylic acids is 1. The predicted molar refractivity (Wildman–Crippen MR) is 88.3 cm³/mol. The van der Waals surface area contributed by atoms with Crippen LogP contribution in [-0.4, -0.2) is 23.0 Å². The normalized spacial score (nSPS) is 16.4. The van der Waals surface area contributed by atoms with Crippen molar-refractivity contribution in [2.75, 3.05) is 7.11 Å². The van der Waals surface area contributed by atoms with Gasteiger partial charge in [-0.1, -0.05) is 28.8 Å². The number of hydrogen-bond donors (Lipinski definition) is 0. The highest BCUT2D eigenvalue weighted by Gasteiger charge is 2.48. The monoisotopic (exact) mass is 378 g/mol. The molecule has 2 aromatic rings. The lowest BCUT2D eigenvalue weighted by atomic mass is 9.76. The number of hydrogen-bond acceptors (Lipinski definition) is 5. The summed E-state index contributed by atoms with van der Waals surface area (Å²) in [6, 6.07) is 5.39. The molecule has 7 heteroatoms. The van der Waals surface area contributed by atoms with E-state index in [1.807, 2.05) is 6.07 Å². The third-order valence-electron chi connectivity index (χ3n) is 4.52. The van der Waals surface area contributed by atoms with Gasteiger partial charge in [0.15, 0.2) is 0 Å². The Labute approximate surface area is 141 Å². The van der Waals surface area contributed by atoms with Crippen molar-refractivity contribution in [3.05, 3.63) is 44.5 Å². The van der Waals surface area contributed by atoms with E-state index >= 15 is 0 Å². The Morgan fingerprint density at radius 1 is 1.39 bits per heavy atom. The van der Waals surface area contributed by atoms with Gasteiger partial charge in [-0.25, -0.2) is 4.98 Å². The van der Waals surface area contributed by atoms with Crippen LogP contribution >= 0.6 is 15.9 Å². The van der Waals surface area contributed by atoms with Gasteiger partial charge in [-0.3, -0.25) is 14.9 Å². The molecule has 0 unspecified atom stereocenters. The Bertz CT molecular complexity index is 800. The summed E-state index contributed by atoms with van der Waals surface area (Å²) in [5, 5.41) is 12.2. The number of benzene rings is 1. The van der Waals surface area contributed by atoms with E-state index in [2.05, 4.69) is 20.9 Å². The first kappa shape index (κ1) is 15.9. The highest BCUT2D eigenvalue weighted by molar-refractivity contribution is 9.10. The SMILES string of the molecule is COC(=O)C1(c2c([N+](=O)[O-])cnc3ccc(Br)cc23)CCCC1. The average Bonchev–Trinajstić information content (AvgIpc) is 3.03. The molecule has 1 aromatic carbocycles. The van der Waals surface area contributed by atoms with Crippen LogP contribution < -0.4 is 0 Å². The molecule has 0 radical (unpaired) electrons. The van der Waals surface area contributed by atoms with Crippen molar-refractivity contribution < 1.29 is 14.5 Å². The van der Waals surface area contributed by atoms with Crippen LogP contribution in [0.4, 0.5) is 5.69 Å². The Morgan fingerprint density at radius 2 is 2.09 bits per heavy atom. The second-order valence-electron chi connectivity index (χ2n) is 5.72. The molecule has 23 heavy (non-hydrogen) atoms. The molecule has 1 aromatic heterocycles. The van der Waals surface area contributed by atoms with Crippen LogP contribution in [0, 0.1) is 10.1 Å². The molecule has 1 saturated carbocycles. The fourth-order valence-corrected chi connectivity index (χ4v) is 3.89. The van der Waals surface area contributed by atoms with Crippen LogP contribution in [0.1, 0.15) is 31.2 Å². The molecular weight excluding hydrogens is 364 g/mol. The van der Waals surface area contributed by atoms with Crippen molar-refractivity contribution in [3.63, 3.8) is 0 Å². The fraction of sp³-hybridized carbons (Fsp3) is 0.375. The first-order chi connectivity index (χ1) is 11.0. The van der Waals surface area contributed by atoms with E-state index < -0.39 is 16.3 Å². The van der Waals surface area contributed by atoms with Gasteiger partial charge in [-0.2, -0.15) is 0 Å². The highest BCUT2D eigenvalue weighted by Crippen LogP contribution is 2.48. The molecule has 120 valence electrons. The molecular formula is C16H15BrN2O4. The van der Waals surface area contributed by atoms with Crippen molar-refractivity contribution in [1.29, 1.82) is 0 Å². The molecule has 0 amide bonds. The van der Waals surface area contributed by atoms with Crippen LogP contribution in [-0.2, 0) is 14.9 Å². The number of ether oxygens (including phenoxy) is 1. The molecule has 0 saturated heterocycles. The third-order valence-corrected chi connectivity index (χ3v) is 5.01. The molecule has 1 aliphatic rings. The van der Waals surface area contributed by atoms with Gasteiger partial charge in [0.1, 0.15) is 11.6 Å². The number of carbonyl (C=O) groups is 1. The highest BCUT2D eigenvalue weighted by atomic mass is 79.9. The maximum absolute atomic E-state index is 12.6. The second-order valence-corrected chi connectivity index (χ2v) is 6.63. The topological polar surface area (TPSA) is 82.3 Å². The van der Waals surface area contributed by atoms with Gasteiger partial charge in [-0.15, -0.1) is 0 Å². The zero-order valence-corrected chi connectivity index (χ0v) is 14.1. The van der Waals surface area contributed by atoms with Gasteiger partial charge in [0.25, 0.3) is 5.69 Å². The molecule has 1 heterocycles. The zero-order valence-electron chi connectivity index (χ0n) is 12.5. The van der Waals surface area contributed by atoms with Crippen LogP contribution in [0.15, 0.2) is 28.9 Å². The number of nitro groups is 1. The van der Waals surface area contributed by atoms with E-state index in [1.54, 1.807) is 12.1 Å². The van der Waals surface area contributed by atoms with Gasteiger partial charge >= 0.3 is 5.97 Å². The number of rotatable bonds is 3. The minimum Gasteiger partial charge on any atom is -0.468 e. The van der Waals surface area contributed by atoms with Crippen LogP contribution in [0.3, 0.4) is 0 Å². The van der Waals surface area contributed by atoms with Crippen LogP contribution in [0.2, 0.25) is 0 Å². The van der Waals surface area contributed by atoms with Crippen molar-refractivity contribution in [1.82, 2.24) is 4.98 Å². The maximum atomic E-state index is 12.6. The van der Waals surface area contributed by atoms with Crippen LogP contribution in [0.5, 0.6) is 0 Å². The summed E-state index contributed by atoms with van der Waals surface area (Å²) in [5.41, 5.74) is -0.0379. The fourth-order valence-electron chi connectivity index (χ4n) is 3.53. The molecule has 0 aliphatic heterocycles. The molecule has 0 atom stereocenters. The van der Waals surface area contributed by atoms with E-state index in [-0.39, 0.29) is 5.69 Å². The first-order valence-corrected chi connectivity index (χ1v) is 8.10. The molecule has 3 rings (SSSR count). The number of aromatic nitrogens is 1. The summed E-state index contributed by atoms with van der Waals surface area (Å²) in [5.74, 6) is -0.412. The number of pyridine rings is 1. The number of methoxy groups -OCH3 is 1. The standard InChI is InChI=1S/C16H15BrN2O4/c1-23-15(20)16(6-2-3-7-16)14-11-8-10(17)4-5-12(11)18-9-13(14)19(21)22/h4-5,8-9H,2-3,6-7H2,1H3. The van der Waals surface area contributed by atoms with E-state index in [0.29, 0.717) is 29.3 Å². The largest absolute Gasteiger partial charge is 0.468 e. The average molecular weight is 379 g/mol. The minimum atomic E-state index is -0.973. The van der Waals surface area contributed by atoms with E-state index in [4.69, 9.17) is 4.74 Å². The van der Waals surface area contributed by atoms with Gasteiger partial charge < -0.3 is 4.74 Å². The van der Waals surface area contributed by atoms with Crippen molar-refractivity contribution in [3.8, 4) is 0 Å². The molecule has 1 aliphatic carbocycles. The van der Waals surface area contributed by atoms with Crippen molar-refractivity contribution in [2.45, 2.75) is 31.1 Å². The Morgan fingerprint density at radius 3 is 2.70 bits per heavy atom. The quantitative estimate of drug-likeness (QED) is 0.459. The number of halogens is 1. The van der Waals surface area contributed by atoms with Gasteiger partial charge in [0.2, 0.25) is 0 Å². The van der Waals surface area contributed by atoms with Crippen molar-refractivity contribution in [2.24, 2.45) is 0 Å². The molecule has 0 N–H and O–H groups in total. The summed E-state index contributed by atoms with van der Waals surface area (Å²) >= 11 is 3.39. The zero-order chi connectivity index (χ0) is 16.6. The Hall–Kier alpha value is -2.02. The minimum absolute atomic E-state index is 0.122. The third kappa shape index (κ3) is 2.49. The lowest BCUT2D eigenvalue weighted by Gasteiger charge is -2.27. The predicted octanol–water partition coefficient (Wildman–Crippen LogP) is 3.89. The molecule has 0 spiro atoms. The summed E-state index contributed by atoms with van der Waals surface area (Å²) in [6.45, 7) is 0. The van der Waals surface area contributed by atoms with Crippen molar-refractivity contribution >= 4 is 38.5 Å². The van der Waals surface area contributed by atoms with Crippen LogP contribution in [0.25, 0.3) is 10.9 Å². The molecule has 0 bridgehead atoms. The van der Waals surface area contributed by atoms with E-state index in [1.165, 1.54) is 13.3 Å². The Balaban J connectivity index is 2.41. The summed E-state index contributed by atoms with van der Waals surface area (Å²) < 4.78 is 5.80. The lowest BCUT2D eigenvalue weighted by Crippen LogP contribution is -2.35. The molecule has 6 nitrogen and oxygen atoms in total. The number of fused-ring (bicyclic) bond motifs is 1. The van der Waals surface area contributed by atoms with E-state index in [0.717, 1.165) is 17.3 Å². The number of nitrogens with zero attached hydrogens (tertiary/aromatic N) is 2. The number of esters is 1. The summed E-state index contributed by atoms with van der Waals surface area (Å²) in [4.78, 5) is 27.8. The summed E-state index contributed by atoms with van der Waals surface area (Å²) in [6.07, 6.45) is 4.01. The van der Waals surface area contributed by atoms with E-state index in [9.17, 15) is 14.9 Å². The molecule has 1 fully saturated rings.